The van der Waals surface area contributed by atoms with Crippen molar-refractivity contribution in [3.63, 3.8) is 0 Å². The summed E-state index contributed by atoms with van der Waals surface area (Å²) in [7, 11) is 1.49. The summed E-state index contributed by atoms with van der Waals surface area (Å²) in [5.41, 5.74) is 3.63. The summed E-state index contributed by atoms with van der Waals surface area (Å²) >= 11 is 0. The summed E-state index contributed by atoms with van der Waals surface area (Å²) < 4.78 is 4.79. The first-order valence-electron chi connectivity index (χ1n) is 7.01. The highest BCUT2D eigenvalue weighted by Gasteiger charge is 2.04. The van der Waals surface area contributed by atoms with Gasteiger partial charge in [-0.2, -0.15) is 0 Å². The van der Waals surface area contributed by atoms with Crippen LogP contribution in [-0.4, -0.2) is 24.6 Å². The zero-order valence-electron chi connectivity index (χ0n) is 12.2. The number of ether oxygens (including phenoxy) is 1. The molecule has 3 rings (SSSR count). The Morgan fingerprint density at radius 3 is 2.59 bits per heavy atom. The van der Waals surface area contributed by atoms with Crippen LogP contribution >= 0.6 is 0 Å². The number of amides is 1. The molecule has 0 aliphatic rings. The first-order chi connectivity index (χ1) is 10.8. The lowest BCUT2D eigenvalue weighted by Gasteiger charge is -2.07. The Morgan fingerprint density at radius 2 is 1.82 bits per heavy atom. The molecular formula is C18H16N2O2. The summed E-state index contributed by atoms with van der Waals surface area (Å²) in [6.07, 6.45) is 0. The van der Waals surface area contributed by atoms with Crippen molar-refractivity contribution >= 4 is 22.5 Å². The summed E-state index contributed by atoms with van der Waals surface area (Å²) in [6, 6.07) is 19.7. The van der Waals surface area contributed by atoms with E-state index in [0.29, 0.717) is 0 Å². The van der Waals surface area contributed by atoms with E-state index in [2.05, 4.69) is 16.4 Å². The van der Waals surface area contributed by atoms with Crippen molar-refractivity contribution in [1.82, 2.24) is 4.98 Å². The van der Waals surface area contributed by atoms with E-state index in [1.807, 2.05) is 54.6 Å². The second-order valence-corrected chi connectivity index (χ2v) is 4.95. The molecule has 0 spiro atoms. The van der Waals surface area contributed by atoms with Crippen LogP contribution < -0.4 is 5.32 Å². The van der Waals surface area contributed by atoms with Crippen molar-refractivity contribution in [3.8, 4) is 11.3 Å². The number of hydrogen-bond donors (Lipinski definition) is 1. The molecule has 0 radical (unpaired) electrons. The molecule has 22 heavy (non-hydrogen) atoms. The molecule has 2 aromatic carbocycles. The van der Waals surface area contributed by atoms with Crippen molar-refractivity contribution in [3.05, 3.63) is 60.7 Å². The highest BCUT2D eigenvalue weighted by Crippen LogP contribution is 2.22. The van der Waals surface area contributed by atoms with Gasteiger partial charge in [0.25, 0.3) is 0 Å². The van der Waals surface area contributed by atoms with Crippen LogP contribution in [0.25, 0.3) is 22.2 Å². The molecule has 1 heterocycles. The number of para-hydroxylation sites is 1. The Kier molecular flexibility index (Phi) is 4.12. The number of anilines is 1. The molecule has 0 unspecified atom stereocenters. The fraction of sp³-hybridized carbons (Fsp3) is 0.111. The van der Waals surface area contributed by atoms with Gasteiger partial charge in [-0.1, -0.05) is 36.4 Å². The Labute approximate surface area is 128 Å². The molecule has 4 heteroatoms. The van der Waals surface area contributed by atoms with Crippen molar-refractivity contribution in [2.24, 2.45) is 0 Å². The normalized spacial score (nSPS) is 10.6. The van der Waals surface area contributed by atoms with E-state index in [-0.39, 0.29) is 12.5 Å². The number of benzene rings is 2. The van der Waals surface area contributed by atoms with E-state index in [1.165, 1.54) is 7.11 Å². The number of aromatic nitrogens is 1. The minimum atomic E-state index is -0.168. The lowest BCUT2D eigenvalue weighted by atomic mass is 10.1. The summed E-state index contributed by atoms with van der Waals surface area (Å²) in [5, 5.41) is 3.89. The van der Waals surface area contributed by atoms with Gasteiger partial charge >= 0.3 is 0 Å². The number of methoxy groups -OCH3 is 1. The van der Waals surface area contributed by atoms with E-state index < -0.39 is 0 Å². The molecule has 0 bridgehead atoms. The topological polar surface area (TPSA) is 51.2 Å². The molecule has 0 atom stereocenters. The van der Waals surface area contributed by atoms with Gasteiger partial charge in [-0.25, -0.2) is 4.98 Å². The quantitative estimate of drug-likeness (QED) is 0.801. The molecule has 4 nitrogen and oxygen atoms in total. The van der Waals surface area contributed by atoms with Crippen molar-refractivity contribution in [2.45, 2.75) is 0 Å². The second kappa shape index (κ2) is 6.37. The first-order valence-corrected chi connectivity index (χ1v) is 7.01. The van der Waals surface area contributed by atoms with E-state index in [4.69, 9.17) is 4.74 Å². The van der Waals surface area contributed by atoms with Crippen LogP contribution in [0.2, 0.25) is 0 Å². The third-order valence-electron chi connectivity index (χ3n) is 3.34. The maximum absolute atomic E-state index is 11.5. The number of nitrogens with one attached hydrogen (secondary N) is 1. The minimum Gasteiger partial charge on any atom is -0.375 e. The highest BCUT2D eigenvalue weighted by molar-refractivity contribution is 5.92. The predicted octanol–water partition coefficient (Wildman–Crippen LogP) is 3.49. The molecule has 0 saturated heterocycles. The molecule has 110 valence electrons. The third kappa shape index (κ3) is 3.13. The van der Waals surface area contributed by atoms with Gasteiger partial charge in [0, 0.05) is 23.7 Å². The Morgan fingerprint density at radius 1 is 1.05 bits per heavy atom. The number of nitrogens with zero attached hydrogens (tertiary/aromatic N) is 1. The van der Waals surface area contributed by atoms with Gasteiger partial charge in [-0.3, -0.25) is 4.79 Å². The Bertz CT molecular complexity index is 798. The largest absolute Gasteiger partial charge is 0.375 e. The molecule has 0 fully saturated rings. The van der Waals surface area contributed by atoms with Gasteiger partial charge in [-0.15, -0.1) is 0 Å². The maximum atomic E-state index is 11.5. The van der Waals surface area contributed by atoms with Crippen molar-refractivity contribution < 1.29 is 9.53 Å². The number of rotatable bonds is 4. The standard InChI is InChI=1S/C18H16N2O2/c1-22-12-18(21)19-15-9-6-14(7-10-15)17-11-8-13-4-2-3-5-16(13)20-17/h2-11H,12H2,1H3,(H,19,21). The van der Waals surface area contributed by atoms with Crippen LogP contribution in [0, 0.1) is 0 Å². The first kappa shape index (κ1) is 14.2. The number of hydrogen-bond acceptors (Lipinski definition) is 3. The van der Waals surface area contributed by atoms with Gasteiger partial charge in [0.15, 0.2) is 0 Å². The van der Waals surface area contributed by atoms with Crippen molar-refractivity contribution in [1.29, 1.82) is 0 Å². The predicted molar refractivity (Wildman–Crippen MR) is 87.7 cm³/mol. The molecule has 1 amide bonds. The van der Waals surface area contributed by atoms with Crippen LogP contribution in [-0.2, 0) is 9.53 Å². The fourth-order valence-electron chi connectivity index (χ4n) is 2.28. The fourth-order valence-corrected chi connectivity index (χ4v) is 2.28. The lowest BCUT2D eigenvalue weighted by molar-refractivity contribution is -0.119. The van der Waals surface area contributed by atoms with E-state index >= 15 is 0 Å². The molecule has 3 aromatic rings. The van der Waals surface area contributed by atoms with Crippen LogP contribution in [0.1, 0.15) is 0 Å². The molecule has 0 saturated carbocycles. The maximum Gasteiger partial charge on any atom is 0.250 e. The van der Waals surface area contributed by atoms with Gasteiger partial charge in [0.1, 0.15) is 6.61 Å². The zero-order chi connectivity index (χ0) is 15.4. The van der Waals surface area contributed by atoms with Gasteiger partial charge in [0.2, 0.25) is 5.91 Å². The molecule has 1 aromatic heterocycles. The second-order valence-electron chi connectivity index (χ2n) is 4.95. The monoisotopic (exact) mass is 292 g/mol. The average molecular weight is 292 g/mol. The minimum absolute atomic E-state index is 0.0496. The summed E-state index contributed by atoms with van der Waals surface area (Å²) in [4.78, 5) is 16.1. The Hall–Kier alpha value is -2.72. The number of fused-ring (bicyclic) bond motifs is 1. The van der Waals surface area contributed by atoms with Crippen LogP contribution in [0.4, 0.5) is 5.69 Å². The van der Waals surface area contributed by atoms with Crippen LogP contribution in [0.5, 0.6) is 0 Å². The van der Waals surface area contributed by atoms with Crippen LogP contribution in [0.15, 0.2) is 60.7 Å². The highest BCUT2D eigenvalue weighted by atomic mass is 16.5. The lowest BCUT2D eigenvalue weighted by Crippen LogP contribution is -2.16. The molecular weight excluding hydrogens is 276 g/mol. The van der Waals surface area contributed by atoms with Gasteiger partial charge < -0.3 is 10.1 Å². The SMILES string of the molecule is COCC(=O)Nc1ccc(-c2ccc3ccccc3n2)cc1. The van der Waals surface area contributed by atoms with Crippen molar-refractivity contribution in [2.75, 3.05) is 19.0 Å². The molecule has 0 aliphatic heterocycles. The molecule has 1 N–H and O–H groups in total. The summed E-state index contributed by atoms with van der Waals surface area (Å²) in [5.74, 6) is -0.168. The van der Waals surface area contributed by atoms with Gasteiger partial charge in [-0.05, 0) is 24.3 Å². The Balaban J connectivity index is 1.83. The number of carbonyl (C=O) groups excluding carboxylic acids is 1. The van der Waals surface area contributed by atoms with Gasteiger partial charge in [0.05, 0.1) is 11.2 Å². The number of carbonyl (C=O) groups is 1. The van der Waals surface area contributed by atoms with E-state index in [9.17, 15) is 4.79 Å². The average Bonchev–Trinajstić information content (AvgIpc) is 2.55. The van der Waals surface area contributed by atoms with E-state index in [0.717, 1.165) is 27.8 Å². The number of pyridine rings is 1. The smallest absolute Gasteiger partial charge is 0.250 e. The zero-order valence-corrected chi connectivity index (χ0v) is 12.2. The third-order valence-corrected chi connectivity index (χ3v) is 3.34. The van der Waals surface area contributed by atoms with Crippen LogP contribution in [0.3, 0.4) is 0 Å². The summed E-state index contributed by atoms with van der Waals surface area (Å²) in [6.45, 7) is 0.0496. The van der Waals surface area contributed by atoms with E-state index in [1.54, 1.807) is 0 Å². The molecule has 0 aliphatic carbocycles.